The minimum Gasteiger partial charge on any atom is -0.373 e. The van der Waals surface area contributed by atoms with E-state index in [4.69, 9.17) is 11.6 Å². The van der Waals surface area contributed by atoms with Gasteiger partial charge in [-0.3, -0.25) is 0 Å². The van der Waals surface area contributed by atoms with E-state index in [0.29, 0.717) is 17.9 Å². The fourth-order valence-corrected chi connectivity index (χ4v) is 1.66. The van der Waals surface area contributed by atoms with Gasteiger partial charge in [0, 0.05) is 35.7 Å². The third-order valence-electron chi connectivity index (χ3n) is 2.77. The van der Waals surface area contributed by atoms with E-state index >= 15 is 0 Å². The van der Waals surface area contributed by atoms with E-state index in [-0.39, 0.29) is 0 Å². The predicted molar refractivity (Wildman–Crippen MR) is 73.1 cm³/mol. The summed E-state index contributed by atoms with van der Waals surface area (Å²) in [6.07, 6.45) is 6.14. The lowest BCUT2D eigenvalue weighted by Crippen LogP contribution is -2.39. The summed E-state index contributed by atoms with van der Waals surface area (Å²) in [7, 11) is 0. The Morgan fingerprint density at radius 1 is 1.28 bits per heavy atom. The Bertz CT molecular complexity index is 431. The largest absolute Gasteiger partial charge is 0.373 e. The summed E-state index contributed by atoms with van der Waals surface area (Å²) >= 11 is 5.61. The second-order valence-corrected chi connectivity index (χ2v) is 5.56. The maximum absolute atomic E-state index is 10.8. The molecule has 1 atom stereocenters. The highest BCUT2D eigenvalue weighted by Crippen LogP contribution is 2.38. The summed E-state index contributed by atoms with van der Waals surface area (Å²) in [6.45, 7) is 5.82. The van der Waals surface area contributed by atoms with Crippen molar-refractivity contribution in [1.82, 2.24) is 9.97 Å². The third kappa shape index (κ3) is 3.44. The molecule has 4 heteroatoms. The highest BCUT2D eigenvalue weighted by atomic mass is 35.5. The monoisotopic (exact) mass is 266 g/mol. The molecule has 0 saturated carbocycles. The van der Waals surface area contributed by atoms with Crippen molar-refractivity contribution in [3.05, 3.63) is 24.3 Å². The van der Waals surface area contributed by atoms with Crippen LogP contribution in [0, 0.1) is 17.3 Å². The second-order valence-electron chi connectivity index (χ2n) is 5.18. The van der Waals surface area contributed by atoms with Crippen LogP contribution in [0.15, 0.2) is 18.7 Å². The van der Waals surface area contributed by atoms with Crippen LogP contribution in [0.2, 0.25) is 0 Å². The van der Waals surface area contributed by atoms with Crippen LogP contribution in [0.3, 0.4) is 0 Å². The molecule has 0 saturated heterocycles. The first-order chi connectivity index (χ1) is 8.42. The van der Waals surface area contributed by atoms with Gasteiger partial charge in [0.05, 0.1) is 0 Å². The van der Waals surface area contributed by atoms with E-state index in [1.165, 1.54) is 6.33 Å². The van der Waals surface area contributed by atoms with Gasteiger partial charge in [-0.1, -0.05) is 32.6 Å². The molecule has 0 fully saturated rings. The van der Waals surface area contributed by atoms with Crippen molar-refractivity contribution in [3.8, 4) is 11.8 Å². The van der Waals surface area contributed by atoms with Gasteiger partial charge in [-0.05, 0) is 6.42 Å². The van der Waals surface area contributed by atoms with Crippen LogP contribution in [0.25, 0.3) is 0 Å². The molecule has 0 amide bonds. The zero-order valence-corrected chi connectivity index (χ0v) is 11.8. The Morgan fingerprint density at radius 3 is 2.39 bits per heavy atom. The number of hydrogen-bond donors (Lipinski definition) is 1. The topological polar surface area (TPSA) is 46.0 Å². The molecule has 18 heavy (non-hydrogen) atoms. The normalized spacial score (nSPS) is 14.5. The number of nitrogens with zero attached hydrogens (tertiary/aromatic N) is 2. The summed E-state index contributed by atoms with van der Waals surface area (Å²) in [5.41, 5.74) is -1.05. The molecule has 98 valence electrons. The van der Waals surface area contributed by atoms with E-state index in [1.54, 1.807) is 12.4 Å². The van der Waals surface area contributed by atoms with Crippen molar-refractivity contribution in [2.24, 2.45) is 5.41 Å². The van der Waals surface area contributed by atoms with Crippen LogP contribution >= 0.6 is 11.6 Å². The number of aliphatic hydroxyl groups is 1. The lowest BCUT2D eigenvalue weighted by atomic mass is 9.73. The molecule has 1 heterocycles. The van der Waals surface area contributed by atoms with Gasteiger partial charge in [-0.25, -0.2) is 9.97 Å². The molecule has 1 N–H and O–H groups in total. The van der Waals surface area contributed by atoms with E-state index in [9.17, 15) is 5.11 Å². The highest BCUT2D eigenvalue weighted by molar-refractivity contribution is 6.17. The first-order valence-corrected chi connectivity index (χ1v) is 6.49. The smallest absolute Gasteiger partial charge is 0.158 e. The lowest BCUT2D eigenvalue weighted by molar-refractivity contribution is -0.00967. The number of unbranched alkanes of at least 4 members (excludes halogenated alkanes) is 1. The van der Waals surface area contributed by atoms with Crippen LogP contribution in [0.5, 0.6) is 0 Å². The van der Waals surface area contributed by atoms with E-state index in [0.717, 1.165) is 6.42 Å². The van der Waals surface area contributed by atoms with Gasteiger partial charge in [-0.2, -0.15) is 0 Å². The molecule has 0 aliphatic carbocycles. The zero-order chi connectivity index (χ0) is 13.6. The molecule has 3 nitrogen and oxygen atoms in total. The average molecular weight is 267 g/mol. The number of halogens is 1. The molecule has 0 aliphatic heterocycles. The molecular weight excluding hydrogens is 248 g/mol. The van der Waals surface area contributed by atoms with Gasteiger partial charge < -0.3 is 5.11 Å². The number of hydrogen-bond acceptors (Lipinski definition) is 3. The lowest BCUT2D eigenvalue weighted by Gasteiger charge is -2.35. The van der Waals surface area contributed by atoms with Gasteiger partial charge in [-0.15, -0.1) is 11.6 Å². The third-order valence-corrected chi connectivity index (χ3v) is 3.04. The second kappa shape index (κ2) is 6.17. The fourth-order valence-electron chi connectivity index (χ4n) is 1.52. The Labute approximate surface area is 114 Å². The zero-order valence-electron chi connectivity index (χ0n) is 11.1. The summed E-state index contributed by atoms with van der Waals surface area (Å²) in [6, 6.07) is 0. The quantitative estimate of drug-likeness (QED) is 0.520. The molecule has 0 bridgehead atoms. The Hall–Kier alpha value is -1.11. The Morgan fingerprint density at radius 2 is 1.89 bits per heavy atom. The van der Waals surface area contributed by atoms with Gasteiger partial charge in [0.1, 0.15) is 6.33 Å². The van der Waals surface area contributed by atoms with E-state index in [2.05, 4.69) is 21.8 Å². The number of aromatic nitrogens is 2. The van der Waals surface area contributed by atoms with Gasteiger partial charge >= 0.3 is 0 Å². The van der Waals surface area contributed by atoms with Gasteiger partial charge in [0.15, 0.2) is 5.60 Å². The number of rotatable bonds is 3. The van der Waals surface area contributed by atoms with Gasteiger partial charge in [0.2, 0.25) is 0 Å². The Kier molecular flexibility index (Phi) is 5.13. The van der Waals surface area contributed by atoms with Gasteiger partial charge in [0.25, 0.3) is 0 Å². The molecule has 1 unspecified atom stereocenters. The van der Waals surface area contributed by atoms with Crippen molar-refractivity contribution in [2.45, 2.75) is 39.2 Å². The van der Waals surface area contributed by atoms with E-state index < -0.39 is 11.0 Å². The standard InChI is InChI=1S/C14H19ClN2O/c1-13(2,3)14(18,7-5-4-6-8-15)12-9-16-11-17-10-12/h9-11,18H,4,6,8H2,1-3H3. The predicted octanol–water partition coefficient (Wildman–Crippen LogP) is 2.73. The van der Waals surface area contributed by atoms with Crippen LogP contribution in [0.1, 0.15) is 39.2 Å². The first-order valence-electron chi connectivity index (χ1n) is 5.95. The minimum absolute atomic E-state index is 0.425. The first kappa shape index (κ1) is 14.9. The molecule has 0 radical (unpaired) electrons. The minimum atomic E-state index is -1.25. The maximum atomic E-state index is 10.8. The Balaban J connectivity index is 3.07. The van der Waals surface area contributed by atoms with Crippen molar-refractivity contribution in [1.29, 1.82) is 0 Å². The SMILES string of the molecule is CC(C)(C)C(O)(C#CCCCCl)c1cncnc1. The van der Waals surface area contributed by atoms with E-state index in [1.807, 2.05) is 20.8 Å². The molecule has 1 aromatic heterocycles. The molecular formula is C14H19ClN2O. The number of alkyl halides is 1. The fraction of sp³-hybridized carbons (Fsp3) is 0.571. The maximum Gasteiger partial charge on any atom is 0.158 e. The van der Waals surface area contributed by atoms with Crippen LogP contribution < -0.4 is 0 Å². The summed E-state index contributed by atoms with van der Waals surface area (Å²) in [5.74, 6) is 6.53. The average Bonchev–Trinajstić information content (AvgIpc) is 2.34. The van der Waals surface area contributed by atoms with Crippen molar-refractivity contribution in [3.63, 3.8) is 0 Å². The summed E-state index contributed by atoms with van der Waals surface area (Å²) in [4.78, 5) is 7.90. The molecule has 1 aromatic rings. The van der Waals surface area contributed by atoms with Crippen molar-refractivity contribution >= 4 is 11.6 Å². The molecule has 0 aromatic carbocycles. The van der Waals surface area contributed by atoms with Crippen LogP contribution in [-0.2, 0) is 5.60 Å². The molecule has 0 spiro atoms. The molecule has 0 aliphatic rings. The van der Waals surface area contributed by atoms with Crippen LogP contribution in [0.4, 0.5) is 0 Å². The molecule has 1 rings (SSSR count). The van der Waals surface area contributed by atoms with Crippen LogP contribution in [-0.4, -0.2) is 21.0 Å². The van der Waals surface area contributed by atoms with Crippen molar-refractivity contribution < 1.29 is 5.11 Å². The van der Waals surface area contributed by atoms with Crippen molar-refractivity contribution in [2.75, 3.05) is 5.88 Å². The summed E-state index contributed by atoms with van der Waals surface area (Å²) in [5, 5.41) is 10.8. The summed E-state index contributed by atoms with van der Waals surface area (Å²) < 4.78 is 0. The highest BCUT2D eigenvalue weighted by Gasteiger charge is 2.40.